The first-order chi connectivity index (χ1) is 8.61. The second kappa shape index (κ2) is 5.69. The first-order valence-corrected chi connectivity index (χ1v) is 7.27. The lowest BCUT2D eigenvalue weighted by Gasteiger charge is -2.23. The van der Waals surface area contributed by atoms with Gasteiger partial charge in [-0.25, -0.2) is 0 Å². The van der Waals surface area contributed by atoms with Crippen LogP contribution in [0.3, 0.4) is 0 Å². The van der Waals surface area contributed by atoms with Gasteiger partial charge in [0.15, 0.2) is 0 Å². The number of rotatable bonds is 3. The fourth-order valence-corrected chi connectivity index (χ4v) is 2.72. The molecule has 0 saturated carbocycles. The molecule has 1 aromatic carbocycles. The van der Waals surface area contributed by atoms with E-state index in [9.17, 15) is 0 Å². The van der Waals surface area contributed by atoms with Crippen molar-refractivity contribution in [3.8, 4) is 0 Å². The molecule has 0 aliphatic carbocycles. The summed E-state index contributed by atoms with van der Waals surface area (Å²) in [6.45, 7) is 9.21. The van der Waals surface area contributed by atoms with Crippen molar-refractivity contribution in [3.05, 3.63) is 29.8 Å². The van der Waals surface area contributed by atoms with Gasteiger partial charge in [0.05, 0.1) is 5.69 Å². The average molecular weight is 243 g/mol. The molecule has 0 N–H and O–H groups in total. The normalized spacial score (nSPS) is 21.2. The highest BCUT2D eigenvalue weighted by molar-refractivity contribution is 5.89. The SMILES string of the molecule is CCC(C)C1CC(C(C)C)=Nc2ccccc2C1. The molecule has 1 aliphatic heterocycles. The van der Waals surface area contributed by atoms with E-state index in [1.165, 1.54) is 36.2 Å². The van der Waals surface area contributed by atoms with E-state index in [0.717, 1.165) is 11.8 Å². The maximum absolute atomic E-state index is 4.92. The molecule has 1 aromatic rings. The third-order valence-electron chi connectivity index (χ3n) is 4.32. The smallest absolute Gasteiger partial charge is 0.0661 e. The van der Waals surface area contributed by atoms with Crippen molar-refractivity contribution in [1.29, 1.82) is 0 Å². The molecule has 0 amide bonds. The first kappa shape index (κ1) is 13.3. The Labute approximate surface area is 111 Å². The van der Waals surface area contributed by atoms with Crippen LogP contribution in [0.1, 0.15) is 46.1 Å². The number of hydrogen-bond acceptors (Lipinski definition) is 1. The number of para-hydroxylation sites is 1. The minimum Gasteiger partial charge on any atom is -0.257 e. The summed E-state index contributed by atoms with van der Waals surface area (Å²) in [5.41, 5.74) is 4.01. The molecule has 18 heavy (non-hydrogen) atoms. The summed E-state index contributed by atoms with van der Waals surface area (Å²) >= 11 is 0. The standard InChI is InChI=1S/C17H25N/c1-5-13(4)15-10-14-8-6-7-9-16(14)18-17(11-15)12(2)3/h6-9,12-13,15H,5,10-11H2,1-4H3. The van der Waals surface area contributed by atoms with Crippen LogP contribution in [0.25, 0.3) is 0 Å². The summed E-state index contributed by atoms with van der Waals surface area (Å²) in [4.78, 5) is 4.92. The monoisotopic (exact) mass is 243 g/mol. The van der Waals surface area contributed by atoms with Crippen LogP contribution < -0.4 is 0 Å². The number of nitrogens with zero attached hydrogens (tertiary/aromatic N) is 1. The van der Waals surface area contributed by atoms with Crippen LogP contribution >= 0.6 is 0 Å². The van der Waals surface area contributed by atoms with Crippen molar-refractivity contribution < 1.29 is 0 Å². The Morgan fingerprint density at radius 1 is 1.17 bits per heavy atom. The molecule has 1 aliphatic rings. The maximum atomic E-state index is 4.92. The molecule has 0 aromatic heterocycles. The quantitative estimate of drug-likeness (QED) is 0.706. The number of benzene rings is 1. The second-order valence-electron chi connectivity index (χ2n) is 5.94. The summed E-state index contributed by atoms with van der Waals surface area (Å²) in [6, 6.07) is 8.65. The molecule has 0 spiro atoms. The van der Waals surface area contributed by atoms with Crippen LogP contribution in [0, 0.1) is 17.8 Å². The van der Waals surface area contributed by atoms with Gasteiger partial charge in [0.25, 0.3) is 0 Å². The van der Waals surface area contributed by atoms with Crippen LogP contribution in [-0.4, -0.2) is 5.71 Å². The van der Waals surface area contributed by atoms with Crippen LogP contribution in [0.4, 0.5) is 5.69 Å². The lowest BCUT2D eigenvalue weighted by Crippen LogP contribution is -2.19. The van der Waals surface area contributed by atoms with Gasteiger partial charge in [0, 0.05) is 5.71 Å². The van der Waals surface area contributed by atoms with E-state index in [-0.39, 0.29) is 0 Å². The third-order valence-corrected chi connectivity index (χ3v) is 4.32. The highest BCUT2D eigenvalue weighted by atomic mass is 14.8. The molecule has 1 nitrogen and oxygen atoms in total. The van der Waals surface area contributed by atoms with Crippen LogP contribution in [0.5, 0.6) is 0 Å². The topological polar surface area (TPSA) is 12.4 Å². The lowest BCUT2D eigenvalue weighted by atomic mass is 9.82. The summed E-state index contributed by atoms with van der Waals surface area (Å²) < 4.78 is 0. The molecule has 2 unspecified atom stereocenters. The summed E-state index contributed by atoms with van der Waals surface area (Å²) in [7, 11) is 0. The van der Waals surface area contributed by atoms with Gasteiger partial charge in [0.2, 0.25) is 0 Å². The van der Waals surface area contributed by atoms with Gasteiger partial charge in [-0.1, -0.05) is 52.3 Å². The predicted molar refractivity (Wildman–Crippen MR) is 79.6 cm³/mol. The fourth-order valence-electron chi connectivity index (χ4n) is 2.72. The van der Waals surface area contributed by atoms with Gasteiger partial charge in [0.1, 0.15) is 0 Å². The number of fused-ring (bicyclic) bond motifs is 1. The predicted octanol–water partition coefficient (Wildman–Crippen LogP) is 5.02. The van der Waals surface area contributed by atoms with Crippen molar-refractivity contribution >= 4 is 11.4 Å². The van der Waals surface area contributed by atoms with Crippen LogP contribution in [-0.2, 0) is 6.42 Å². The Balaban J connectivity index is 2.37. The summed E-state index contributed by atoms with van der Waals surface area (Å²) in [5.74, 6) is 2.09. The molecule has 0 saturated heterocycles. The Hall–Kier alpha value is -1.11. The Bertz CT molecular complexity index is 431. The summed E-state index contributed by atoms with van der Waals surface area (Å²) in [5, 5.41) is 0. The fraction of sp³-hybridized carbons (Fsp3) is 0.588. The highest BCUT2D eigenvalue weighted by Crippen LogP contribution is 2.33. The largest absolute Gasteiger partial charge is 0.257 e. The van der Waals surface area contributed by atoms with E-state index in [0.29, 0.717) is 5.92 Å². The molecule has 1 heterocycles. The maximum Gasteiger partial charge on any atom is 0.0661 e. The second-order valence-corrected chi connectivity index (χ2v) is 5.94. The molecule has 1 heteroatoms. The van der Waals surface area contributed by atoms with E-state index in [2.05, 4.69) is 52.0 Å². The Morgan fingerprint density at radius 2 is 1.89 bits per heavy atom. The van der Waals surface area contributed by atoms with Crippen molar-refractivity contribution in [3.63, 3.8) is 0 Å². The molecular weight excluding hydrogens is 218 g/mol. The van der Waals surface area contributed by atoms with Crippen LogP contribution in [0.2, 0.25) is 0 Å². The van der Waals surface area contributed by atoms with Gasteiger partial charge < -0.3 is 0 Å². The minimum absolute atomic E-state index is 0.558. The molecule has 0 fully saturated rings. The Kier molecular flexibility index (Phi) is 4.21. The molecule has 2 atom stereocenters. The average Bonchev–Trinajstić information content (AvgIpc) is 2.57. The Morgan fingerprint density at radius 3 is 2.56 bits per heavy atom. The first-order valence-electron chi connectivity index (χ1n) is 7.27. The van der Waals surface area contributed by atoms with E-state index in [1.807, 2.05) is 0 Å². The van der Waals surface area contributed by atoms with Crippen molar-refractivity contribution in [2.75, 3.05) is 0 Å². The van der Waals surface area contributed by atoms with Crippen molar-refractivity contribution in [1.82, 2.24) is 0 Å². The van der Waals surface area contributed by atoms with Gasteiger partial charge >= 0.3 is 0 Å². The van der Waals surface area contributed by atoms with Gasteiger partial charge in [-0.15, -0.1) is 0 Å². The molecule has 2 rings (SSSR count). The lowest BCUT2D eigenvalue weighted by molar-refractivity contribution is 0.355. The summed E-state index contributed by atoms with van der Waals surface area (Å²) in [6.07, 6.45) is 3.62. The highest BCUT2D eigenvalue weighted by Gasteiger charge is 2.24. The number of hydrogen-bond donors (Lipinski definition) is 0. The van der Waals surface area contributed by atoms with E-state index in [1.54, 1.807) is 0 Å². The van der Waals surface area contributed by atoms with E-state index < -0.39 is 0 Å². The zero-order valence-electron chi connectivity index (χ0n) is 12.1. The zero-order valence-corrected chi connectivity index (χ0v) is 12.1. The number of aliphatic imine (C=N–C) groups is 1. The third kappa shape index (κ3) is 2.82. The molecule has 0 radical (unpaired) electrons. The molecule has 98 valence electrons. The van der Waals surface area contributed by atoms with E-state index >= 15 is 0 Å². The van der Waals surface area contributed by atoms with Crippen molar-refractivity contribution in [2.24, 2.45) is 22.7 Å². The minimum atomic E-state index is 0.558. The van der Waals surface area contributed by atoms with E-state index in [4.69, 9.17) is 4.99 Å². The molecular formula is C17H25N. The van der Waals surface area contributed by atoms with Gasteiger partial charge in [-0.2, -0.15) is 0 Å². The van der Waals surface area contributed by atoms with Crippen molar-refractivity contribution in [2.45, 2.75) is 47.0 Å². The van der Waals surface area contributed by atoms with Crippen LogP contribution in [0.15, 0.2) is 29.3 Å². The molecule has 0 bridgehead atoms. The van der Waals surface area contributed by atoms with Gasteiger partial charge in [-0.05, 0) is 42.2 Å². The zero-order chi connectivity index (χ0) is 13.1. The van der Waals surface area contributed by atoms with Gasteiger partial charge in [-0.3, -0.25) is 4.99 Å².